The lowest BCUT2D eigenvalue weighted by molar-refractivity contribution is -0.125. The zero-order valence-electron chi connectivity index (χ0n) is 17.0. The Morgan fingerprint density at radius 1 is 1.32 bits per heavy atom. The zero-order valence-corrected chi connectivity index (χ0v) is 17.0. The highest BCUT2D eigenvalue weighted by Gasteiger charge is 2.39. The molecule has 1 aliphatic carbocycles. The normalized spacial score (nSPS) is 21.4. The number of hydrogen-bond donors (Lipinski definition) is 2. The van der Waals surface area contributed by atoms with Crippen LogP contribution in [0.15, 0.2) is 35.1 Å². The molecule has 6 nitrogen and oxygen atoms in total. The predicted octanol–water partition coefficient (Wildman–Crippen LogP) is 2.63. The van der Waals surface area contributed by atoms with Gasteiger partial charge in [-0.25, -0.2) is 4.68 Å². The average Bonchev–Trinajstić information content (AvgIpc) is 2.61. The van der Waals surface area contributed by atoms with Crippen molar-refractivity contribution in [1.82, 2.24) is 15.1 Å². The topological polar surface area (TPSA) is 84.2 Å². The summed E-state index contributed by atoms with van der Waals surface area (Å²) in [6, 6.07) is 9.59. The van der Waals surface area contributed by atoms with Crippen molar-refractivity contribution in [3.63, 3.8) is 0 Å². The maximum absolute atomic E-state index is 12.7. The van der Waals surface area contributed by atoms with Crippen molar-refractivity contribution in [2.75, 3.05) is 0 Å². The Morgan fingerprint density at radius 2 is 2.00 bits per heavy atom. The summed E-state index contributed by atoms with van der Waals surface area (Å²) in [4.78, 5) is 25.0. The maximum atomic E-state index is 12.7. The number of aryl methyl sites for hydroxylation is 1. The number of benzene rings is 1. The average molecular weight is 383 g/mol. The fourth-order valence-electron chi connectivity index (χ4n) is 3.87. The number of amides is 1. The third-order valence-electron chi connectivity index (χ3n) is 5.29. The molecule has 1 heterocycles. The van der Waals surface area contributed by atoms with E-state index in [2.05, 4.69) is 23.4 Å². The van der Waals surface area contributed by atoms with Crippen LogP contribution in [0.5, 0.6) is 0 Å². The molecule has 1 aliphatic rings. The van der Waals surface area contributed by atoms with Crippen molar-refractivity contribution in [1.29, 1.82) is 0 Å². The molecule has 150 valence electrons. The third kappa shape index (κ3) is 4.33. The fraction of sp³-hybridized carbons (Fsp3) is 0.500. The number of carbonyl (C=O) groups is 1. The van der Waals surface area contributed by atoms with E-state index in [0.29, 0.717) is 12.8 Å². The lowest BCUT2D eigenvalue weighted by atomic mass is 9.77. The molecule has 28 heavy (non-hydrogen) atoms. The van der Waals surface area contributed by atoms with Gasteiger partial charge in [0, 0.05) is 17.7 Å². The first-order valence-corrected chi connectivity index (χ1v) is 9.92. The molecule has 0 atom stereocenters. The van der Waals surface area contributed by atoms with Gasteiger partial charge < -0.3 is 10.4 Å². The smallest absolute Gasteiger partial charge is 0.267 e. The molecular formula is C22H29N3O3. The van der Waals surface area contributed by atoms with Gasteiger partial charge in [0.05, 0.1) is 11.3 Å². The van der Waals surface area contributed by atoms with E-state index in [4.69, 9.17) is 0 Å². The van der Waals surface area contributed by atoms with Crippen LogP contribution in [0, 0.1) is 0 Å². The van der Waals surface area contributed by atoms with Crippen LogP contribution in [0.1, 0.15) is 57.7 Å². The molecule has 1 amide bonds. The van der Waals surface area contributed by atoms with E-state index in [1.54, 1.807) is 13.0 Å². The summed E-state index contributed by atoms with van der Waals surface area (Å²) >= 11 is 0. The lowest BCUT2D eigenvalue weighted by Crippen LogP contribution is -2.54. The molecule has 1 aromatic carbocycles. The maximum Gasteiger partial charge on any atom is 0.267 e. The van der Waals surface area contributed by atoms with Gasteiger partial charge in [-0.15, -0.1) is 0 Å². The molecule has 0 spiro atoms. The Kier molecular flexibility index (Phi) is 5.70. The minimum absolute atomic E-state index is 0.0431. The van der Waals surface area contributed by atoms with Crippen molar-refractivity contribution < 1.29 is 9.90 Å². The van der Waals surface area contributed by atoms with Gasteiger partial charge in [0.15, 0.2) is 0 Å². The second-order valence-corrected chi connectivity index (χ2v) is 8.27. The lowest BCUT2D eigenvalue weighted by Gasteiger charge is -2.41. The van der Waals surface area contributed by atoms with E-state index < -0.39 is 5.60 Å². The highest BCUT2D eigenvalue weighted by molar-refractivity contribution is 5.76. The first kappa shape index (κ1) is 20.3. The van der Waals surface area contributed by atoms with Crippen molar-refractivity contribution in [3.8, 4) is 11.1 Å². The van der Waals surface area contributed by atoms with Crippen LogP contribution in [0.25, 0.3) is 11.1 Å². The van der Waals surface area contributed by atoms with Crippen LogP contribution in [0.2, 0.25) is 0 Å². The number of aromatic nitrogens is 2. The Morgan fingerprint density at radius 3 is 2.61 bits per heavy atom. The van der Waals surface area contributed by atoms with Gasteiger partial charge in [-0.05, 0) is 43.2 Å². The molecule has 2 N–H and O–H groups in total. The quantitative estimate of drug-likeness (QED) is 0.803. The van der Waals surface area contributed by atoms with E-state index in [1.165, 1.54) is 4.68 Å². The number of nitrogens with one attached hydrogen (secondary N) is 1. The predicted molar refractivity (Wildman–Crippen MR) is 109 cm³/mol. The summed E-state index contributed by atoms with van der Waals surface area (Å²) in [6.07, 6.45) is 1.93. The van der Waals surface area contributed by atoms with Crippen molar-refractivity contribution in [2.24, 2.45) is 0 Å². The van der Waals surface area contributed by atoms with Crippen LogP contribution < -0.4 is 10.9 Å². The monoisotopic (exact) mass is 383 g/mol. The number of nitrogens with zero attached hydrogens (tertiary/aromatic N) is 2. The Hall–Kier alpha value is -2.47. The van der Waals surface area contributed by atoms with Crippen LogP contribution in [-0.2, 0) is 17.8 Å². The summed E-state index contributed by atoms with van der Waals surface area (Å²) in [5.74, 6) is -0.150. The molecule has 3 rings (SSSR count). The summed E-state index contributed by atoms with van der Waals surface area (Å²) in [7, 11) is 0. The number of hydrogen-bond acceptors (Lipinski definition) is 4. The van der Waals surface area contributed by atoms with E-state index in [0.717, 1.165) is 28.8 Å². The summed E-state index contributed by atoms with van der Waals surface area (Å²) in [6.45, 7) is 7.79. The minimum atomic E-state index is -0.702. The van der Waals surface area contributed by atoms with Gasteiger partial charge in [0.1, 0.15) is 6.54 Å². The molecule has 2 aromatic rings. The molecular weight excluding hydrogens is 354 g/mol. The highest BCUT2D eigenvalue weighted by Crippen LogP contribution is 2.31. The van der Waals surface area contributed by atoms with Gasteiger partial charge in [-0.3, -0.25) is 9.59 Å². The van der Waals surface area contributed by atoms with E-state index in [1.807, 2.05) is 32.0 Å². The Balaban J connectivity index is 1.87. The fourth-order valence-corrected chi connectivity index (χ4v) is 3.87. The number of aliphatic hydroxyl groups is 1. The summed E-state index contributed by atoms with van der Waals surface area (Å²) in [5.41, 5.74) is 2.83. The van der Waals surface area contributed by atoms with Gasteiger partial charge in [-0.2, -0.15) is 5.10 Å². The Labute approximate surface area is 165 Å². The molecule has 1 aromatic heterocycles. The van der Waals surface area contributed by atoms with E-state index in [9.17, 15) is 14.7 Å². The van der Waals surface area contributed by atoms with E-state index in [-0.39, 0.29) is 30.0 Å². The molecule has 1 saturated carbocycles. The second-order valence-electron chi connectivity index (χ2n) is 8.27. The third-order valence-corrected chi connectivity index (χ3v) is 5.29. The SMILES string of the molecule is CCc1ccccc1-c1cc(=O)n(CC(=O)NC2CC(C)(O)C2)nc1C(C)C. The molecule has 0 unspecified atom stereocenters. The largest absolute Gasteiger partial charge is 0.390 e. The van der Waals surface area contributed by atoms with Gasteiger partial charge in [-0.1, -0.05) is 45.0 Å². The number of carbonyl (C=O) groups excluding carboxylic acids is 1. The van der Waals surface area contributed by atoms with Crippen LogP contribution >= 0.6 is 0 Å². The number of rotatable bonds is 6. The van der Waals surface area contributed by atoms with Gasteiger partial charge in [0.2, 0.25) is 5.91 Å². The molecule has 6 heteroatoms. The minimum Gasteiger partial charge on any atom is -0.390 e. The summed E-state index contributed by atoms with van der Waals surface area (Å²) in [5, 5.41) is 17.2. The molecule has 0 bridgehead atoms. The van der Waals surface area contributed by atoms with Crippen molar-refractivity contribution in [3.05, 3.63) is 51.9 Å². The van der Waals surface area contributed by atoms with E-state index >= 15 is 0 Å². The first-order valence-electron chi connectivity index (χ1n) is 9.92. The van der Waals surface area contributed by atoms with Crippen molar-refractivity contribution >= 4 is 5.91 Å². The zero-order chi connectivity index (χ0) is 20.5. The van der Waals surface area contributed by atoms with Crippen LogP contribution in [0.4, 0.5) is 0 Å². The van der Waals surface area contributed by atoms with Crippen LogP contribution in [0.3, 0.4) is 0 Å². The van der Waals surface area contributed by atoms with Gasteiger partial charge in [0.25, 0.3) is 5.56 Å². The van der Waals surface area contributed by atoms with Crippen LogP contribution in [-0.4, -0.2) is 32.4 Å². The molecule has 0 aliphatic heterocycles. The first-order chi connectivity index (χ1) is 13.2. The van der Waals surface area contributed by atoms with Gasteiger partial charge >= 0.3 is 0 Å². The van der Waals surface area contributed by atoms with Crippen molar-refractivity contribution in [2.45, 2.75) is 71.1 Å². The molecule has 0 radical (unpaired) electrons. The molecule has 0 saturated heterocycles. The standard InChI is InChI=1S/C22H29N3O3/c1-5-15-8-6-7-9-17(15)18-10-20(27)25(24-21(18)14(2)3)13-19(26)23-16-11-22(4,28)12-16/h6-10,14,16,28H,5,11-13H2,1-4H3,(H,23,26). The second kappa shape index (κ2) is 7.87. The summed E-state index contributed by atoms with van der Waals surface area (Å²) < 4.78 is 1.24. The Bertz CT molecular complexity index is 923. The molecule has 1 fully saturated rings. The highest BCUT2D eigenvalue weighted by atomic mass is 16.3.